The van der Waals surface area contributed by atoms with Crippen LogP contribution in [0.2, 0.25) is 10.1 Å². The summed E-state index contributed by atoms with van der Waals surface area (Å²) in [6.45, 7) is 22.5. The van der Waals surface area contributed by atoms with E-state index in [-0.39, 0.29) is 21.8 Å². The van der Waals surface area contributed by atoms with Gasteiger partial charge in [-0.2, -0.15) is 0 Å². The second kappa shape index (κ2) is 8.42. The summed E-state index contributed by atoms with van der Waals surface area (Å²) in [5.74, 6) is 0.0872. The quantitative estimate of drug-likeness (QED) is 0.465. The lowest BCUT2D eigenvalue weighted by atomic mass is 9.96. The highest BCUT2D eigenvalue weighted by atomic mass is 28.4. The molecule has 2 aliphatic heterocycles. The lowest BCUT2D eigenvalue weighted by molar-refractivity contribution is -0.123. The normalized spacial score (nSPS) is 28.7. The van der Waals surface area contributed by atoms with E-state index in [4.69, 9.17) is 13.6 Å². The minimum absolute atomic E-state index is 0.199. The van der Waals surface area contributed by atoms with Crippen molar-refractivity contribution in [2.75, 3.05) is 11.9 Å². The molecular weight excluding hydrogens is 478 g/mol. The van der Waals surface area contributed by atoms with Gasteiger partial charge in [0.25, 0.3) is 0 Å². The van der Waals surface area contributed by atoms with Crippen LogP contribution in [0.1, 0.15) is 62.3 Å². The first-order valence-electron chi connectivity index (χ1n) is 12.3. The molecule has 11 heteroatoms. The van der Waals surface area contributed by atoms with Crippen molar-refractivity contribution in [3.8, 4) is 0 Å². The van der Waals surface area contributed by atoms with Crippen molar-refractivity contribution in [3.63, 3.8) is 0 Å². The molecule has 36 heavy (non-hydrogen) atoms. The van der Waals surface area contributed by atoms with Crippen LogP contribution in [0.15, 0.2) is 25.3 Å². The third-order valence-corrected chi connectivity index (χ3v) is 12.2. The average molecular weight is 518 g/mol. The molecule has 10 nitrogen and oxygen atoms in total. The van der Waals surface area contributed by atoms with Crippen molar-refractivity contribution in [1.29, 1.82) is 0 Å². The molecule has 0 bridgehead atoms. The average Bonchev–Trinajstić information content (AvgIpc) is 3.31. The Bertz CT molecular complexity index is 1160. The van der Waals surface area contributed by atoms with E-state index in [0.717, 1.165) is 0 Å². The maximum absolute atomic E-state index is 12.6. The summed E-state index contributed by atoms with van der Waals surface area (Å²) in [6.07, 6.45) is 2.19. The van der Waals surface area contributed by atoms with Gasteiger partial charge in [-0.25, -0.2) is 15.0 Å². The number of hydrogen-bond acceptors (Lipinski definition) is 8. The molecule has 0 spiro atoms. The molecule has 2 aromatic rings. The predicted octanol–water partition coefficient (Wildman–Crippen LogP) is 3.87. The summed E-state index contributed by atoms with van der Waals surface area (Å²) < 4.78 is 21.4. The summed E-state index contributed by atoms with van der Waals surface area (Å²) in [7, 11) is -2.84. The number of imidazole rings is 1. The van der Waals surface area contributed by atoms with E-state index in [1.807, 2.05) is 20.8 Å². The minimum Gasteiger partial charge on any atom is -0.391 e. The maximum atomic E-state index is 12.6. The highest BCUT2D eigenvalue weighted by molar-refractivity contribution is 6.73. The largest absolute Gasteiger partial charge is 0.391 e. The number of aromatic nitrogens is 4. The van der Waals surface area contributed by atoms with E-state index in [1.54, 1.807) is 10.6 Å². The fraction of sp³-hybridized carbons (Fsp3) is 0.680. The van der Waals surface area contributed by atoms with Gasteiger partial charge < -0.3 is 24.0 Å². The Kier molecular flexibility index (Phi) is 6.28. The number of aliphatic hydroxyl groups is 1. The Morgan fingerprint density at radius 2 is 1.81 bits per heavy atom. The molecule has 0 aliphatic carbocycles. The van der Waals surface area contributed by atoms with E-state index in [2.05, 4.69) is 68.4 Å². The van der Waals surface area contributed by atoms with E-state index in [1.165, 1.54) is 12.7 Å². The molecular formula is C25H39N5O5Si. The van der Waals surface area contributed by atoms with Gasteiger partial charge >= 0.3 is 8.56 Å². The number of hydrogen-bond donors (Lipinski definition) is 2. The van der Waals surface area contributed by atoms with Crippen LogP contribution in [0, 0.1) is 5.41 Å². The number of fused-ring (bicyclic) bond motifs is 2. The standard InChI is InChI=1S/C25H39N5O5Si/c1-11-25(30-14-28-16-19(26-13-27-20(16)30)29-21(32)22(2,3)4)18(31)17-15(34-25)12-33-36(35-17,23(5,6)7)24(8,9)10/h11,13-15,17-18,31H,1,12H2,2-10H3,(H,26,27,29,32)/t15-,17-,18-,25-/m1/s1. The minimum atomic E-state index is -2.84. The zero-order valence-corrected chi connectivity index (χ0v) is 23.7. The van der Waals surface area contributed by atoms with Crippen LogP contribution in [-0.2, 0) is 24.1 Å². The maximum Gasteiger partial charge on any atom is 0.349 e. The van der Waals surface area contributed by atoms with Crippen LogP contribution in [0.4, 0.5) is 5.82 Å². The van der Waals surface area contributed by atoms with Gasteiger partial charge in [-0.3, -0.25) is 9.36 Å². The fourth-order valence-corrected chi connectivity index (χ4v) is 10.3. The molecule has 4 atom stereocenters. The number of nitrogens with zero attached hydrogens (tertiary/aromatic N) is 4. The monoisotopic (exact) mass is 517 g/mol. The first-order chi connectivity index (χ1) is 16.5. The molecule has 0 saturated carbocycles. The lowest BCUT2D eigenvalue weighted by Gasteiger charge is -2.53. The fourth-order valence-electron chi connectivity index (χ4n) is 5.37. The Morgan fingerprint density at radius 1 is 1.17 bits per heavy atom. The molecule has 0 unspecified atom stereocenters. The summed E-state index contributed by atoms with van der Waals surface area (Å²) in [6, 6.07) is 0. The molecule has 2 fully saturated rings. The summed E-state index contributed by atoms with van der Waals surface area (Å²) in [5.41, 5.74) is -1.24. The van der Waals surface area contributed by atoms with Crippen molar-refractivity contribution in [2.45, 2.75) is 96.4 Å². The van der Waals surface area contributed by atoms with Crippen molar-refractivity contribution >= 4 is 31.4 Å². The van der Waals surface area contributed by atoms with Gasteiger partial charge in [0.2, 0.25) is 5.91 Å². The number of anilines is 1. The summed E-state index contributed by atoms with van der Waals surface area (Å²) >= 11 is 0. The Morgan fingerprint density at radius 3 is 2.36 bits per heavy atom. The van der Waals surface area contributed by atoms with E-state index in [9.17, 15) is 9.90 Å². The second-order valence-corrected chi connectivity index (χ2v) is 17.5. The molecule has 4 rings (SSSR count). The second-order valence-electron chi connectivity index (χ2n) is 12.8. The van der Waals surface area contributed by atoms with Crippen LogP contribution in [0.25, 0.3) is 11.2 Å². The SMILES string of the molecule is C=C[C@@]1(n2cnc3c(NC(=O)C(C)(C)C)ncnc32)O[C@@H]2CO[Si](C(C)(C)C)(C(C)(C)C)O[C@H]2[C@H]1O. The first-order valence-corrected chi connectivity index (χ1v) is 14.1. The highest BCUT2D eigenvalue weighted by Gasteiger charge is 2.67. The first kappa shape index (κ1) is 26.9. The number of aliphatic hydroxyl groups excluding tert-OH is 1. The third kappa shape index (κ3) is 3.92. The topological polar surface area (TPSA) is 121 Å². The van der Waals surface area contributed by atoms with Gasteiger partial charge in [0.1, 0.15) is 24.6 Å². The van der Waals surface area contributed by atoms with Crippen molar-refractivity contribution < 1.29 is 23.5 Å². The van der Waals surface area contributed by atoms with Crippen LogP contribution < -0.4 is 5.32 Å². The lowest BCUT2D eigenvalue weighted by Crippen LogP contribution is -2.65. The zero-order valence-electron chi connectivity index (χ0n) is 22.7. The molecule has 198 valence electrons. The molecule has 2 aliphatic rings. The zero-order chi connectivity index (χ0) is 26.9. The van der Waals surface area contributed by atoms with Gasteiger partial charge in [-0.05, 0) is 6.08 Å². The third-order valence-electron chi connectivity index (χ3n) is 7.08. The molecule has 2 saturated heterocycles. The number of ether oxygens (including phenoxy) is 1. The highest BCUT2D eigenvalue weighted by Crippen LogP contribution is 2.56. The van der Waals surface area contributed by atoms with Gasteiger partial charge in [0.15, 0.2) is 22.7 Å². The van der Waals surface area contributed by atoms with Crippen LogP contribution in [-0.4, -0.2) is 64.0 Å². The van der Waals surface area contributed by atoms with Crippen molar-refractivity contribution in [3.05, 3.63) is 25.3 Å². The number of amides is 1. The number of rotatable bonds is 3. The Balaban J connectivity index is 1.75. The molecule has 2 N–H and O–H groups in total. The van der Waals surface area contributed by atoms with Gasteiger partial charge in [-0.1, -0.05) is 68.9 Å². The van der Waals surface area contributed by atoms with Crippen LogP contribution >= 0.6 is 0 Å². The van der Waals surface area contributed by atoms with Crippen molar-refractivity contribution in [1.82, 2.24) is 19.5 Å². The van der Waals surface area contributed by atoms with Crippen molar-refractivity contribution in [2.24, 2.45) is 5.41 Å². The van der Waals surface area contributed by atoms with E-state index in [0.29, 0.717) is 17.8 Å². The molecule has 1 amide bonds. The molecule has 0 aromatic carbocycles. The number of carbonyl (C=O) groups is 1. The summed E-state index contributed by atoms with van der Waals surface area (Å²) in [4.78, 5) is 25.7. The number of carbonyl (C=O) groups excluding carboxylic acids is 1. The van der Waals surface area contributed by atoms with E-state index < -0.39 is 38.0 Å². The smallest absolute Gasteiger partial charge is 0.349 e. The van der Waals surface area contributed by atoms with Gasteiger partial charge in [0.05, 0.1) is 12.9 Å². The van der Waals surface area contributed by atoms with Crippen LogP contribution in [0.5, 0.6) is 0 Å². The number of nitrogens with one attached hydrogen (secondary N) is 1. The van der Waals surface area contributed by atoms with E-state index >= 15 is 0 Å². The Hall–Kier alpha value is -2.18. The van der Waals surface area contributed by atoms with Gasteiger partial charge in [-0.15, -0.1) is 0 Å². The molecule has 4 heterocycles. The predicted molar refractivity (Wildman–Crippen MR) is 138 cm³/mol. The molecule has 0 radical (unpaired) electrons. The molecule has 2 aromatic heterocycles. The van der Waals surface area contributed by atoms with Crippen LogP contribution in [0.3, 0.4) is 0 Å². The van der Waals surface area contributed by atoms with Gasteiger partial charge in [0, 0.05) is 15.5 Å². The summed E-state index contributed by atoms with van der Waals surface area (Å²) in [5, 5.41) is 14.1. The Labute approximate surface area is 213 Å².